The summed E-state index contributed by atoms with van der Waals surface area (Å²) in [4.78, 5) is 2.20. The Morgan fingerprint density at radius 2 is 1.17 bits per heavy atom. The summed E-state index contributed by atoms with van der Waals surface area (Å²) in [6, 6.07) is 48.1. The highest BCUT2D eigenvalue weighted by Crippen LogP contribution is 2.44. The van der Waals surface area contributed by atoms with Gasteiger partial charge in [-0.15, -0.1) is 0 Å². The molecular weight excluding hydrogens is 636 g/mol. The lowest BCUT2D eigenvalue weighted by atomic mass is 9.93. The van der Waals surface area contributed by atoms with Gasteiger partial charge in [-0.2, -0.15) is 4.58 Å². The highest BCUT2D eigenvalue weighted by atomic mass is 35.7. The third-order valence-corrected chi connectivity index (χ3v) is 10.5. The second-order valence-electron chi connectivity index (χ2n) is 11.9. The summed E-state index contributed by atoms with van der Waals surface area (Å²) in [5, 5.41) is 6.48. The van der Waals surface area contributed by atoms with Crippen molar-refractivity contribution in [1.82, 2.24) is 4.58 Å². The number of halogens is 1. The fourth-order valence-electron chi connectivity index (χ4n) is 6.63. The van der Waals surface area contributed by atoms with Crippen molar-refractivity contribution in [1.29, 1.82) is 0 Å². The molecule has 7 aromatic carbocycles. The van der Waals surface area contributed by atoms with Crippen molar-refractivity contribution in [2.24, 2.45) is 0 Å². The molecule has 0 N–H and O–H groups in total. The summed E-state index contributed by atoms with van der Waals surface area (Å²) in [5.41, 5.74) is 5.82. The lowest BCUT2D eigenvalue weighted by molar-refractivity contribution is 0.610. The fourth-order valence-corrected chi connectivity index (χ4v) is 7.71. The van der Waals surface area contributed by atoms with Crippen LogP contribution in [0.5, 0.6) is 0 Å². The first-order valence-corrected chi connectivity index (χ1v) is 17.9. The maximum absolute atomic E-state index is 12.9. The number of anilines is 2. The van der Waals surface area contributed by atoms with Crippen LogP contribution in [0.4, 0.5) is 17.1 Å². The molecule has 7 heteroatoms. The van der Waals surface area contributed by atoms with Crippen LogP contribution in [0.25, 0.3) is 54.6 Å². The van der Waals surface area contributed by atoms with Gasteiger partial charge < -0.3 is 9.32 Å². The van der Waals surface area contributed by atoms with E-state index in [9.17, 15) is 8.42 Å². The van der Waals surface area contributed by atoms with Crippen molar-refractivity contribution in [2.45, 2.75) is 4.90 Å². The lowest BCUT2D eigenvalue weighted by Gasteiger charge is -2.20. The molecule has 0 saturated carbocycles. The van der Waals surface area contributed by atoms with Crippen LogP contribution in [-0.2, 0) is 9.05 Å². The molecule has 0 aliphatic carbocycles. The molecule has 0 atom stereocenters. The third kappa shape index (κ3) is 5.10. The highest BCUT2D eigenvalue weighted by Gasteiger charge is 2.23. The van der Waals surface area contributed by atoms with Crippen molar-refractivity contribution in [3.05, 3.63) is 151 Å². The van der Waals surface area contributed by atoms with Gasteiger partial charge in [-0.25, -0.2) is 8.42 Å². The third-order valence-electron chi connectivity index (χ3n) is 9.13. The van der Waals surface area contributed by atoms with Gasteiger partial charge in [0.15, 0.2) is 0 Å². The van der Waals surface area contributed by atoms with Crippen molar-refractivity contribution < 1.29 is 12.8 Å². The van der Waals surface area contributed by atoms with Crippen LogP contribution in [-0.4, -0.2) is 22.5 Å². The van der Waals surface area contributed by atoms with Gasteiger partial charge in [-0.3, -0.25) is 0 Å². The Kier molecular flexibility index (Phi) is 7.28. The summed E-state index contributed by atoms with van der Waals surface area (Å²) in [7, 11) is 6.08. The Balaban J connectivity index is 1.44. The molecule has 0 aliphatic rings. The van der Waals surface area contributed by atoms with E-state index in [1.165, 1.54) is 0 Å². The van der Waals surface area contributed by atoms with Crippen LogP contribution in [0.2, 0.25) is 0 Å². The predicted molar refractivity (Wildman–Crippen MR) is 199 cm³/mol. The molecule has 0 unspecified atom stereocenters. The Labute approximate surface area is 282 Å². The van der Waals surface area contributed by atoms with Crippen molar-refractivity contribution >= 4 is 80.3 Å². The van der Waals surface area contributed by atoms with Gasteiger partial charge in [0.1, 0.15) is 18.2 Å². The molecule has 0 fully saturated rings. The quantitative estimate of drug-likeness (QED) is 0.0795. The van der Waals surface area contributed by atoms with Gasteiger partial charge in [0, 0.05) is 86.0 Å². The van der Waals surface area contributed by atoms with E-state index in [2.05, 4.69) is 82.3 Å². The summed E-state index contributed by atoms with van der Waals surface area (Å²) in [6.45, 7) is 0. The molecule has 0 bridgehead atoms. The molecule has 1 heterocycles. The maximum atomic E-state index is 12.9. The molecule has 0 spiro atoms. The van der Waals surface area contributed by atoms with E-state index in [4.69, 9.17) is 15.1 Å². The van der Waals surface area contributed by atoms with Gasteiger partial charge >= 0.3 is 0 Å². The largest absolute Gasteiger partial charge is 0.455 e. The van der Waals surface area contributed by atoms with Crippen LogP contribution in [0, 0.1) is 0 Å². The maximum Gasteiger partial charge on any atom is 0.261 e. The SMILES string of the molecule is CN(c1ccccc1)c1ccc2c(ccc3c(-c4ccccc4S(=O)(=O)Cl)c4ccc5cc(=[N+](C)c6ccccc6)ccc5c4oc32)c1. The summed E-state index contributed by atoms with van der Waals surface area (Å²) in [6.07, 6.45) is 0. The van der Waals surface area contributed by atoms with E-state index in [-0.39, 0.29) is 4.90 Å². The van der Waals surface area contributed by atoms with Crippen molar-refractivity contribution in [3.8, 4) is 11.1 Å². The van der Waals surface area contributed by atoms with Crippen LogP contribution >= 0.6 is 10.7 Å². The smallest absolute Gasteiger partial charge is 0.261 e. The number of fused-ring (bicyclic) bond motifs is 6. The molecule has 0 aliphatic heterocycles. The van der Waals surface area contributed by atoms with E-state index in [0.717, 1.165) is 60.3 Å². The van der Waals surface area contributed by atoms with Gasteiger partial charge in [0.05, 0.1) is 4.90 Å². The molecule has 8 aromatic rings. The van der Waals surface area contributed by atoms with E-state index in [1.807, 2.05) is 74.8 Å². The minimum Gasteiger partial charge on any atom is -0.455 e. The van der Waals surface area contributed by atoms with Crippen LogP contribution in [0.3, 0.4) is 0 Å². The topological polar surface area (TPSA) is 53.5 Å². The summed E-state index contributed by atoms with van der Waals surface area (Å²) >= 11 is 0. The minimum atomic E-state index is -4.06. The monoisotopic (exact) mass is 665 g/mol. The van der Waals surface area contributed by atoms with Crippen LogP contribution in [0.1, 0.15) is 0 Å². The zero-order chi connectivity index (χ0) is 33.0. The van der Waals surface area contributed by atoms with Crippen molar-refractivity contribution in [2.75, 3.05) is 19.0 Å². The van der Waals surface area contributed by atoms with Crippen molar-refractivity contribution in [3.63, 3.8) is 0 Å². The average molecular weight is 666 g/mol. The number of hydrogen-bond donors (Lipinski definition) is 0. The van der Waals surface area contributed by atoms with Crippen LogP contribution < -0.4 is 14.8 Å². The first-order valence-electron chi connectivity index (χ1n) is 15.6. The zero-order valence-electron chi connectivity index (χ0n) is 26.3. The van der Waals surface area contributed by atoms with Crippen LogP contribution in [0.15, 0.2) is 155 Å². The molecule has 5 nitrogen and oxygen atoms in total. The number of para-hydroxylation sites is 2. The molecular formula is C41H30ClN2O3S+. The summed E-state index contributed by atoms with van der Waals surface area (Å²) in [5.74, 6) is 0. The lowest BCUT2D eigenvalue weighted by Crippen LogP contribution is -2.20. The average Bonchev–Trinajstić information content (AvgIpc) is 3.13. The van der Waals surface area contributed by atoms with E-state index in [0.29, 0.717) is 16.7 Å². The first-order chi connectivity index (χ1) is 23.3. The number of hydrogen-bond acceptors (Lipinski definition) is 4. The highest BCUT2D eigenvalue weighted by molar-refractivity contribution is 8.13. The zero-order valence-corrected chi connectivity index (χ0v) is 27.8. The predicted octanol–water partition coefficient (Wildman–Crippen LogP) is 9.99. The molecule has 0 saturated heterocycles. The molecule has 1 aromatic heterocycles. The minimum absolute atomic E-state index is 0.0559. The van der Waals surface area contributed by atoms with E-state index in [1.54, 1.807) is 12.1 Å². The number of benzene rings is 7. The van der Waals surface area contributed by atoms with Gasteiger partial charge in [-0.1, -0.05) is 66.7 Å². The normalized spacial score (nSPS) is 12.6. The molecule has 234 valence electrons. The number of rotatable bonds is 5. The second-order valence-corrected chi connectivity index (χ2v) is 14.4. The molecule has 0 radical (unpaired) electrons. The van der Waals surface area contributed by atoms with Gasteiger partial charge in [-0.05, 0) is 65.4 Å². The second kappa shape index (κ2) is 11.7. The molecule has 0 amide bonds. The fraction of sp³-hybridized carbons (Fsp3) is 0.0488. The van der Waals surface area contributed by atoms with Gasteiger partial charge in [0.2, 0.25) is 11.0 Å². The standard InChI is InChI=1S/C41H30ClN2O3S/c1-43(29-11-5-3-6-12-29)31-19-23-33-27(25-31)17-21-36-39(35-15-9-10-16-38(35)48(42,45)46)37-22-18-28-26-32(44(2)30-13-7-4-8-14-30)20-24-34(28)41(37)47-40(33)36/h3-26H,1-2H3/q+1. The Morgan fingerprint density at radius 3 is 1.83 bits per heavy atom. The van der Waals surface area contributed by atoms with Gasteiger partial charge in [0.25, 0.3) is 9.05 Å². The molecule has 48 heavy (non-hydrogen) atoms. The molecule has 8 rings (SSSR count). The Hall–Kier alpha value is -5.43. The van der Waals surface area contributed by atoms with E-state index >= 15 is 0 Å². The number of nitrogens with zero attached hydrogens (tertiary/aromatic N) is 2. The Morgan fingerprint density at radius 1 is 0.604 bits per heavy atom. The van der Waals surface area contributed by atoms with E-state index < -0.39 is 9.05 Å². The Bertz CT molecular complexity index is 2720. The summed E-state index contributed by atoms with van der Waals surface area (Å²) < 4.78 is 34.9. The first kappa shape index (κ1) is 29.9.